The number of nitrogens with zero attached hydrogens (tertiary/aromatic N) is 2. The van der Waals surface area contributed by atoms with Crippen molar-refractivity contribution >= 4 is 39.3 Å². The molecule has 0 atom stereocenters. The van der Waals surface area contributed by atoms with Gasteiger partial charge in [-0.1, -0.05) is 34.1 Å². The van der Waals surface area contributed by atoms with E-state index >= 15 is 0 Å². The number of halogens is 1. The van der Waals surface area contributed by atoms with E-state index in [9.17, 15) is 4.79 Å². The van der Waals surface area contributed by atoms with Crippen molar-refractivity contribution in [1.29, 1.82) is 0 Å². The van der Waals surface area contributed by atoms with Crippen molar-refractivity contribution < 1.29 is 14.3 Å². The van der Waals surface area contributed by atoms with Gasteiger partial charge < -0.3 is 9.47 Å². The van der Waals surface area contributed by atoms with Crippen molar-refractivity contribution in [2.24, 2.45) is 5.10 Å². The van der Waals surface area contributed by atoms with Crippen LogP contribution in [0.5, 0.6) is 11.5 Å². The Kier molecular flexibility index (Phi) is 4.90. The fraction of sp³-hybridized carbons (Fsp3) is 0.158. The van der Waals surface area contributed by atoms with Gasteiger partial charge in [-0.15, -0.1) is 0 Å². The molecule has 0 radical (unpaired) electrons. The Morgan fingerprint density at radius 1 is 1.08 bits per heavy atom. The van der Waals surface area contributed by atoms with Crippen LogP contribution in [0.25, 0.3) is 6.08 Å². The standard InChI is InChI=1S/C19H17BrN2O3/c1-12-15(19(23)22(21-12)14-7-5-4-6-8-14)9-13-10-17(24-2)18(25-3)11-16(13)20/h4-11H,1-3H3/b15-9-. The third kappa shape index (κ3) is 3.30. The molecule has 0 unspecified atom stereocenters. The second-order valence-corrected chi connectivity index (χ2v) is 6.28. The van der Waals surface area contributed by atoms with Crippen LogP contribution in [0.3, 0.4) is 0 Å². The number of hydrazone groups is 1. The summed E-state index contributed by atoms with van der Waals surface area (Å²) in [5.41, 5.74) is 2.75. The van der Waals surface area contributed by atoms with Crippen LogP contribution >= 0.6 is 15.9 Å². The zero-order valence-corrected chi connectivity index (χ0v) is 15.7. The number of anilines is 1. The molecule has 0 aliphatic carbocycles. The number of amides is 1. The second kappa shape index (κ2) is 7.11. The predicted molar refractivity (Wildman–Crippen MR) is 102 cm³/mol. The SMILES string of the molecule is COc1cc(Br)c(/C=C2\C(=O)N(c3ccccc3)N=C2C)cc1OC. The molecule has 5 nitrogen and oxygen atoms in total. The van der Waals surface area contributed by atoms with Crippen molar-refractivity contribution in [2.45, 2.75) is 6.92 Å². The topological polar surface area (TPSA) is 51.1 Å². The summed E-state index contributed by atoms with van der Waals surface area (Å²) >= 11 is 3.51. The molecule has 1 aliphatic heterocycles. The number of carbonyl (C=O) groups excluding carboxylic acids is 1. The molecule has 0 aromatic heterocycles. The Labute approximate surface area is 154 Å². The molecule has 1 heterocycles. The van der Waals surface area contributed by atoms with E-state index in [0.29, 0.717) is 22.8 Å². The fourth-order valence-electron chi connectivity index (χ4n) is 2.56. The molecule has 0 saturated carbocycles. The Balaban J connectivity index is 2.00. The Bertz CT molecular complexity index is 876. The summed E-state index contributed by atoms with van der Waals surface area (Å²) < 4.78 is 11.4. The van der Waals surface area contributed by atoms with Gasteiger partial charge in [0.25, 0.3) is 5.91 Å². The van der Waals surface area contributed by atoms with Gasteiger partial charge in [-0.05, 0) is 42.8 Å². The maximum absolute atomic E-state index is 12.8. The van der Waals surface area contributed by atoms with Crippen molar-refractivity contribution in [3.63, 3.8) is 0 Å². The molecular weight excluding hydrogens is 384 g/mol. The number of para-hydroxylation sites is 1. The largest absolute Gasteiger partial charge is 0.493 e. The zero-order valence-electron chi connectivity index (χ0n) is 14.1. The molecule has 0 spiro atoms. The summed E-state index contributed by atoms with van der Waals surface area (Å²) in [5, 5.41) is 5.80. The maximum Gasteiger partial charge on any atom is 0.280 e. The minimum atomic E-state index is -0.162. The van der Waals surface area contributed by atoms with Crippen molar-refractivity contribution in [3.8, 4) is 11.5 Å². The summed E-state index contributed by atoms with van der Waals surface area (Å²) in [7, 11) is 3.16. The van der Waals surface area contributed by atoms with Crippen molar-refractivity contribution in [3.05, 3.63) is 58.1 Å². The highest BCUT2D eigenvalue weighted by atomic mass is 79.9. The number of benzene rings is 2. The first-order chi connectivity index (χ1) is 12.0. The van der Waals surface area contributed by atoms with Gasteiger partial charge in [0, 0.05) is 4.47 Å². The van der Waals surface area contributed by atoms with Crippen LogP contribution in [0.4, 0.5) is 5.69 Å². The van der Waals surface area contributed by atoms with Crippen LogP contribution in [-0.2, 0) is 4.79 Å². The van der Waals surface area contributed by atoms with E-state index < -0.39 is 0 Å². The predicted octanol–water partition coefficient (Wildman–Crippen LogP) is 4.27. The second-order valence-electron chi connectivity index (χ2n) is 5.42. The Morgan fingerprint density at radius 2 is 1.72 bits per heavy atom. The lowest BCUT2D eigenvalue weighted by atomic mass is 10.1. The number of hydrogen-bond acceptors (Lipinski definition) is 4. The molecule has 1 aliphatic rings. The first kappa shape index (κ1) is 17.2. The number of rotatable bonds is 4. The van der Waals surface area contributed by atoms with Gasteiger partial charge in [-0.3, -0.25) is 4.79 Å². The third-order valence-electron chi connectivity index (χ3n) is 3.87. The lowest BCUT2D eigenvalue weighted by Crippen LogP contribution is -2.21. The van der Waals surface area contributed by atoms with Gasteiger partial charge in [-0.2, -0.15) is 10.1 Å². The lowest BCUT2D eigenvalue weighted by Gasteiger charge is -2.12. The summed E-state index contributed by atoms with van der Waals surface area (Å²) in [4.78, 5) is 12.8. The highest BCUT2D eigenvalue weighted by Gasteiger charge is 2.28. The van der Waals surface area contributed by atoms with Crippen LogP contribution in [0, 0.1) is 0 Å². The number of carbonyl (C=O) groups is 1. The molecule has 3 rings (SSSR count). The van der Waals surface area contributed by atoms with Crippen molar-refractivity contribution in [1.82, 2.24) is 0 Å². The van der Waals surface area contributed by atoms with Crippen LogP contribution in [0.1, 0.15) is 12.5 Å². The van der Waals surface area contributed by atoms with Crippen LogP contribution in [-0.4, -0.2) is 25.8 Å². The van der Waals surface area contributed by atoms with E-state index in [1.165, 1.54) is 5.01 Å². The Hall–Kier alpha value is -2.60. The van der Waals surface area contributed by atoms with E-state index in [-0.39, 0.29) is 5.91 Å². The van der Waals surface area contributed by atoms with E-state index in [4.69, 9.17) is 9.47 Å². The van der Waals surface area contributed by atoms with E-state index in [2.05, 4.69) is 21.0 Å². The van der Waals surface area contributed by atoms with Gasteiger partial charge in [0.05, 0.1) is 31.2 Å². The zero-order chi connectivity index (χ0) is 18.0. The molecule has 2 aromatic rings. The quantitative estimate of drug-likeness (QED) is 0.719. The molecule has 0 saturated heterocycles. The van der Waals surface area contributed by atoms with Gasteiger partial charge >= 0.3 is 0 Å². The molecule has 0 fully saturated rings. The van der Waals surface area contributed by atoms with Gasteiger partial charge in [0.15, 0.2) is 11.5 Å². The molecule has 2 aromatic carbocycles. The van der Waals surface area contributed by atoms with E-state index in [1.54, 1.807) is 20.3 Å². The van der Waals surface area contributed by atoms with Crippen LogP contribution in [0.2, 0.25) is 0 Å². The van der Waals surface area contributed by atoms with Gasteiger partial charge in [-0.25, -0.2) is 0 Å². The highest BCUT2D eigenvalue weighted by molar-refractivity contribution is 9.10. The van der Waals surface area contributed by atoms with Crippen molar-refractivity contribution in [2.75, 3.05) is 19.2 Å². The molecule has 128 valence electrons. The summed E-state index contributed by atoms with van der Waals surface area (Å²) in [6.07, 6.45) is 1.80. The van der Waals surface area contributed by atoms with Gasteiger partial charge in [0.1, 0.15) is 0 Å². The van der Waals surface area contributed by atoms with Gasteiger partial charge in [0.2, 0.25) is 0 Å². The minimum absolute atomic E-state index is 0.162. The third-order valence-corrected chi connectivity index (χ3v) is 4.55. The summed E-state index contributed by atoms with van der Waals surface area (Å²) in [6, 6.07) is 13.0. The average molecular weight is 401 g/mol. The molecule has 25 heavy (non-hydrogen) atoms. The highest BCUT2D eigenvalue weighted by Crippen LogP contribution is 2.35. The smallest absolute Gasteiger partial charge is 0.280 e. The maximum atomic E-state index is 12.8. The Morgan fingerprint density at radius 3 is 2.36 bits per heavy atom. The van der Waals surface area contributed by atoms with E-state index in [1.807, 2.05) is 49.4 Å². The number of methoxy groups -OCH3 is 2. The normalized spacial score (nSPS) is 15.5. The van der Waals surface area contributed by atoms with Crippen LogP contribution < -0.4 is 14.5 Å². The molecule has 0 bridgehead atoms. The first-order valence-electron chi connectivity index (χ1n) is 7.63. The lowest BCUT2D eigenvalue weighted by molar-refractivity contribution is -0.114. The number of hydrogen-bond donors (Lipinski definition) is 0. The summed E-state index contributed by atoms with van der Waals surface area (Å²) in [6.45, 7) is 1.82. The van der Waals surface area contributed by atoms with Crippen LogP contribution in [0.15, 0.2) is 57.6 Å². The molecular formula is C19H17BrN2O3. The molecule has 1 amide bonds. The average Bonchev–Trinajstić information content (AvgIpc) is 2.91. The summed E-state index contributed by atoms with van der Waals surface area (Å²) in [5.74, 6) is 1.05. The first-order valence-corrected chi connectivity index (χ1v) is 8.42. The van der Waals surface area contributed by atoms with E-state index in [0.717, 1.165) is 15.7 Å². The molecule has 6 heteroatoms. The number of ether oxygens (including phenoxy) is 2. The molecule has 0 N–H and O–H groups in total. The fourth-order valence-corrected chi connectivity index (χ4v) is 3.00. The monoisotopic (exact) mass is 400 g/mol. The minimum Gasteiger partial charge on any atom is -0.493 e.